The molecule has 1 unspecified atom stereocenters. The molecule has 3 nitrogen and oxygen atoms in total. The van der Waals surface area contributed by atoms with Gasteiger partial charge >= 0.3 is 0 Å². The predicted octanol–water partition coefficient (Wildman–Crippen LogP) is 5.52. The van der Waals surface area contributed by atoms with Crippen LogP contribution in [0.3, 0.4) is 0 Å². The van der Waals surface area contributed by atoms with Gasteiger partial charge in [-0.2, -0.15) is 0 Å². The van der Waals surface area contributed by atoms with Gasteiger partial charge in [-0.3, -0.25) is 4.79 Å². The third-order valence-electron chi connectivity index (χ3n) is 3.60. The molecule has 0 radical (unpaired) electrons. The van der Waals surface area contributed by atoms with Crippen molar-refractivity contribution in [2.45, 2.75) is 17.2 Å². The fourth-order valence-corrected chi connectivity index (χ4v) is 3.37. The highest BCUT2D eigenvalue weighted by Gasteiger charge is 2.22. The Hall–Kier alpha value is -2.30. The van der Waals surface area contributed by atoms with Gasteiger partial charge in [-0.1, -0.05) is 71.4 Å². The second kappa shape index (κ2) is 8.19. The lowest BCUT2D eigenvalue weighted by molar-refractivity contribution is -0.115. The maximum absolute atomic E-state index is 12.9. The fraction of sp³-hybridized carbons (Fsp3) is 0.100. The number of carbonyl (C=O) groups excluding carboxylic acids is 1. The summed E-state index contributed by atoms with van der Waals surface area (Å²) in [5.41, 5.74) is 2.85. The number of benzene rings is 2. The van der Waals surface area contributed by atoms with Crippen molar-refractivity contribution >= 4 is 35.0 Å². The molecule has 0 fully saturated rings. The van der Waals surface area contributed by atoms with Crippen LogP contribution in [0.2, 0.25) is 5.02 Å². The van der Waals surface area contributed by atoms with E-state index in [0.717, 1.165) is 21.8 Å². The fourth-order valence-electron chi connectivity index (χ4n) is 2.30. The topological polar surface area (TPSA) is 42.0 Å². The van der Waals surface area contributed by atoms with Gasteiger partial charge in [0.15, 0.2) is 0 Å². The number of amides is 1. The van der Waals surface area contributed by atoms with E-state index in [0.29, 0.717) is 5.02 Å². The van der Waals surface area contributed by atoms with Gasteiger partial charge in [-0.05, 0) is 36.8 Å². The number of pyridine rings is 1. The SMILES string of the molecule is Cc1ccc(NC(=O)C(Sc2ccc(Cl)cn2)c2ccccc2)cc1. The normalized spacial score (nSPS) is 11.8. The molecule has 1 heterocycles. The molecule has 0 spiro atoms. The van der Waals surface area contributed by atoms with Crippen LogP contribution in [0, 0.1) is 6.92 Å². The molecule has 2 aromatic carbocycles. The number of nitrogens with zero attached hydrogens (tertiary/aromatic N) is 1. The lowest BCUT2D eigenvalue weighted by Crippen LogP contribution is -2.19. The van der Waals surface area contributed by atoms with Crippen molar-refractivity contribution in [1.29, 1.82) is 0 Å². The van der Waals surface area contributed by atoms with E-state index in [9.17, 15) is 4.79 Å². The van der Waals surface area contributed by atoms with Crippen molar-refractivity contribution in [3.05, 3.63) is 89.1 Å². The zero-order valence-electron chi connectivity index (χ0n) is 13.6. The first-order valence-corrected chi connectivity index (χ1v) is 9.08. The number of carbonyl (C=O) groups is 1. The molecule has 0 aliphatic rings. The summed E-state index contributed by atoms with van der Waals surface area (Å²) < 4.78 is 0. The summed E-state index contributed by atoms with van der Waals surface area (Å²) in [5, 5.41) is 3.90. The molecule has 0 saturated heterocycles. The van der Waals surface area contributed by atoms with Gasteiger partial charge in [0.1, 0.15) is 5.25 Å². The summed E-state index contributed by atoms with van der Waals surface area (Å²) >= 11 is 7.30. The van der Waals surface area contributed by atoms with Crippen molar-refractivity contribution < 1.29 is 4.79 Å². The van der Waals surface area contributed by atoms with Crippen LogP contribution in [-0.2, 0) is 4.79 Å². The van der Waals surface area contributed by atoms with E-state index in [1.165, 1.54) is 11.8 Å². The number of aryl methyl sites for hydroxylation is 1. The lowest BCUT2D eigenvalue weighted by atomic mass is 10.1. The van der Waals surface area contributed by atoms with E-state index in [2.05, 4.69) is 10.3 Å². The van der Waals surface area contributed by atoms with E-state index in [1.807, 2.05) is 67.6 Å². The van der Waals surface area contributed by atoms with Crippen molar-refractivity contribution in [2.24, 2.45) is 0 Å². The molecule has 25 heavy (non-hydrogen) atoms. The van der Waals surface area contributed by atoms with Crippen LogP contribution >= 0.6 is 23.4 Å². The quantitative estimate of drug-likeness (QED) is 0.603. The van der Waals surface area contributed by atoms with E-state index < -0.39 is 5.25 Å². The van der Waals surface area contributed by atoms with Gasteiger partial charge in [0.05, 0.1) is 10.0 Å². The van der Waals surface area contributed by atoms with Gasteiger partial charge in [0.2, 0.25) is 5.91 Å². The zero-order valence-corrected chi connectivity index (χ0v) is 15.2. The number of hydrogen-bond donors (Lipinski definition) is 1. The highest BCUT2D eigenvalue weighted by Crippen LogP contribution is 2.35. The second-order valence-electron chi connectivity index (χ2n) is 5.58. The molecule has 3 rings (SSSR count). The van der Waals surface area contributed by atoms with Gasteiger partial charge < -0.3 is 5.32 Å². The highest BCUT2D eigenvalue weighted by atomic mass is 35.5. The van der Waals surface area contributed by atoms with E-state index in [4.69, 9.17) is 11.6 Å². The van der Waals surface area contributed by atoms with Gasteiger partial charge in [0.25, 0.3) is 0 Å². The first-order valence-electron chi connectivity index (χ1n) is 7.82. The third kappa shape index (κ3) is 4.84. The Bertz CT molecular complexity index is 836. The molecule has 0 aliphatic heterocycles. The van der Waals surface area contributed by atoms with Crippen molar-refractivity contribution in [3.63, 3.8) is 0 Å². The molecule has 1 amide bonds. The Balaban J connectivity index is 1.83. The van der Waals surface area contributed by atoms with Crippen LogP contribution < -0.4 is 5.32 Å². The number of halogens is 1. The predicted molar refractivity (Wildman–Crippen MR) is 104 cm³/mol. The number of rotatable bonds is 5. The lowest BCUT2D eigenvalue weighted by Gasteiger charge is -2.17. The van der Waals surface area contributed by atoms with Crippen LogP contribution in [0.5, 0.6) is 0 Å². The average molecular weight is 369 g/mol. The standard InChI is InChI=1S/C20H17ClN2OS/c1-14-7-10-17(11-8-14)23-20(24)19(15-5-3-2-4-6-15)25-18-12-9-16(21)13-22-18/h2-13,19H,1H3,(H,23,24). The van der Waals surface area contributed by atoms with Crippen molar-refractivity contribution in [2.75, 3.05) is 5.32 Å². The molecule has 0 bridgehead atoms. The molecule has 126 valence electrons. The number of hydrogen-bond acceptors (Lipinski definition) is 3. The maximum Gasteiger partial charge on any atom is 0.242 e. The van der Waals surface area contributed by atoms with Crippen molar-refractivity contribution in [1.82, 2.24) is 4.98 Å². The molecule has 1 aromatic heterocycles. The first kappa shape index (κ1) is 17.5. The number of nitrogens with one attached hydrogen (secondary N) is 1. The Morgan fingerprint density at radius 3 is 2.40 bits per heavy atom. The Kier molecular flexibility index (Phi) is 5.74. The zero-order chi connectivity index (χ0) is 17.6. The monoisotopic (exact) mass is 368 g/mol. The molecular weight excluding hydrogens is 352 g/mol. The summed E-state index contributed by atoms with van der Waals surface area (Å²) in [4.78, 5) is 17.2. The minimum atomic E-state index is -0.406. The van der Waals surface area contributed by atoms with Gasteiger partial charge in [-0.25, -0.2) is 4.98 Å². The van der Waals surface area contributed by atoms with Gasteiger partial charge in [0, 0.05) is 11.9 Å². The van der Waals surface area contributed by atoms with E-state index in [-0.39, 0.29) is 5.91 Å². The van der Waals surface area contributed by atoms with E-state index >= 15 is 0 Å². The Morgan fingerprint density at radius 2 is 1.76 bits per heavy atom. The summed E-state index contributed by atoms with van der Waals surface area (Å²) in [6.45, 7) is 2.01. The highest BCUT2D eigenvalue weighted by molar-refractivity contribution is 8.00. The molecule has 1 N–H and O–H groups in total. The maximum atomic E-state index is 12.9. The molecule has 0 saturated carbocycles. The van der Waals surface area contributed by atoms with Crippen LogP contribution in [0.25, 0.3) is 0 Å². The number of anilines is 1. The average Bonchev–Trinajstić information content (AvgIpc) is 2.64. The minimum Gasteiger partial charge on any atom is -0.325 e. The minimum absolute atomic E-state index is 0.0863. The van der Waals surface area contributed by atoms with Crippen molar-refractivity contribution in [3.8, 4) is 0 Å². The molecular formula is C20H17ClN2OS. The Morgan fingerprint density at radius 1 is 1.04 bits per heavy atom. The number of thioether (sulfide) groups is 1. The van der Waals surface area contributed by atoms with Crippen LogP contribution in [0.15, 0.2) is 78.0 Å². The van der Waals surface area contributed by atoms with Crippen LogP contribution in [0.1, 0.15) is 16.4 Å². The van der Waals surface area contributed by atoms with Crippen LogP contribution in [-0.4, -0.2) is 10.9 Å². The van der Waals surface area contributed by atoms with Gasteiger partial charge in [-0.15, -0.1) is 0 Å². The molecule has 0 aliphatic carbocycles. The third-order valence-corrected chi connectivity index (χ3v) is 5.03. The number of aromatic nitrogens is 1. The summed E-state index contributed by atoms with van der Waals surface area (Å²) in [7, 11) is 0. The summed E-state index contributed by atoms with van der Waals surface area (Å²) in [6, 6.07) is 21.0. The molecule has 1 atom stereocenters. The summed E-state index contributed by atoms with van der Waals surface area (Å²) in [5.74, 6) is -0.0863. The van der Waals surface area contributed by atoms with E-state index in [1.54, 1.807) is 12.3 Å². The summed E-state index contributed by atoms with van der Waals surface area (Å²) in [6.07, 6.45) is 1.59. The first-order chi connectivity index (χ1) is 12.1. The smallest absolute Gasteiger partial charge is 0.242 e. The molecule has 5 heteroatoms. The second-order valence-corrected chi connectivity index (χ2v) is 7.14. The largest absolute Gasteiger partial charge is 0.325 e. The van der Waals surface area contributed by atoms with Crippen LogP contribution in [0.4, 0.5) is 5.69 Å². The molecule has 3 aromatic rings. The Labute approximate surface area is 156 Å².